The first-order valence-electron chi connectivity index (χ1n) is 5.43. The van der Waals surface area contributed by atoms with Gasteiger partial charge < -0.3 is 10.4 Å². The van der Waals surface area contributed by atoms with E-state index >= 15 is 0 Å². The van der Waals surface area contributed by atoms with E-state index in [0.29, 0.717) is 13.1 Å². The predicted molar refractivity (Wildman–Crippen MR) is 61.9 cm³/mol. The van der Waals surface area contributed by atoms with Crippen LogP contribution in [0.5, 0.6) is 0 Å². The number of pyridine rings is 1. The van der Waals surface area contributed by atoms with Gasteiger partial charge in [-0.05, 0) is 17.5 Å². The molecular weight excluding hydrogens is 204 g/mol. The molecule has 0 bridgehead atoms. The lowest BCUT2D eigenvalue weighted by Gasteiger charge is -2.16. The maximum Gasteiger partial charge on any atom is 0.308 e. The summed E-state index contributed by atoms with van der Waals surface area (Å²) in [5, 5.41) is 12.1. The lowest BCUT2D eigenvalue weighted by molar-refractivity contribution is -0.143. The molecule has 0 aromatic carbocycles. The SMILES string of the molecule is CC(C)C(CNCc1cccnc1)C(=O)O. The summed E-state index contributed by atoms with van der Waals surface area (Å²) in [6.45, 7) is 4.99. The van der Waals surface area contributed by atoms with Crippen molar-refractivity contribution in [3.05, 3.63) is 30.1 Å². The van der Waals surface area contributed by atoms with E-state index in [4.69, 9.17) is 5.11 Å². The number of nitrogens with zero attached hydrogens (tertiary/aromatic N) is 1. The number of carbonyl (C=O) groups is 1. The summed E-state index contributed by atoms with van der Waals surface area (Å²) < 4.78 is 0. The molecule has 1 aromatic rings. The average Bonchev–Trinajstić information content (AvgIpc) is 2.24. The second-order valence-corrected chi connectivity index (χ2v) is 4.18. The molecule has 2 N–H and O–H groups in total. The summed E-state index contributed by atoms with van der Waals surface area (Å²) in [6, 6.07) is 3.83. The number of hydrogen-bond donors (Lipinski definition) is 2. The Hall–Kier alpha value is -1.42. The standard InChI is InChI=1S/C12H18N2O2/c1-9(2)11(12(15)16)8-14-7-10-4-3-5-13-6-10/h3-6,9,11,14H,7-8H2,1-2H3,(H,15,16). The van der Waals surface area contributed by atoms with Gasteiger partial charge in [0.05, 0.1) is 5.92 Å². The van der Waals surface area contributed by atoms with Crippen LogP contribution in [-0.2, 0) is 11.3 Å². The molecule has 4 nitrogen and oxygen atoms in total. The van der Waals surface area contributed by atoms with Gasteiger partial charge in [-0.15, -0.1) is 0 Å². The van der Waals surface area contributed by atoms with Crippen LogP contribution in [0.25, 0.3) is 0 Å². The summed E-state index contributed by atoms with van der Waals surface area (Å²) in [5.74, 6) is -0.941. The normalized spacial score (nSPS) is 12.7. The minimum absolute atomic E-state index is 0.138. The Morgan fingerprint density at radius 2 is 2.31 bits per heavy atom. The number of carboxylic acid groups (broad SMARTS) is 1. The Bertz CT molecular complexity index is 325. The third-order valence-electron chi connectivity index (χ3n) is 2.54. The molecule has 16 heavy (non-hydrogen) atoms. The molecule has 1 atom stereocenters. The molecule has 1 unspecified atom stereocenters. The average molecular weight is 222 g/mol. The summed E-state index contributed by atoms with van der Waals surface area (Å²) in [4.78, 5) is 14.9. The van der Waals surface area contributed by atoms with Gasteiger partial charge in [0.15, 0.2) is 0 Å². The van der Waals surface area contributed by atoms with Gasteiger partial charge in [0.2, 0.25) is 0 Å². The molecule has 0 aliphatic rings. The Kier molecular flexibility index (Phi) is 4.92. The Morgan fingerprint density at radius 1 is 1.56 bits per heavy atom. The molecule has 0 saturated heterocycles. The third kappa shape index (κ3) is 3.98. The lowest BCUT2D eigenvalue weighted by Crippen LogP contribution is -2.31. The van der Waals surface area contributed by atoms with Gasteiger partial charge in [-0.25, -0.2) is 0 Å². The molecule has 1 rings (SSSR count). The van der Waals surface area contributed by atoms with Crippen molar-refractivity contribution in [2.24, 2.45) is 11.8 Å². The van der Waals surface area contributed by atoms with Crippen molar-refractivity contribution in [2.45, 2.75) is 20.4 Å². The zero-order chi connectivity index (χ0) is 12.0. The monoisotopic (exact) mass is 222 g/mol. The van der Waals surface area contributed by atoms with E-state index in [9.17, 15) is 4.79 Å². The van der Waals surface area contributed by atoms with Gasteiger partial charge in [-0.1, -0.05) is 19.9 Å². The molecule has 0 spiro atoms. The highest BCUT2D eigenvalue weighted by atomic mass is 16.4. The van der Waals surface area contributed by atoms with Gasteiger partial charge >= 0.3 is 5.97 Å². The van der Waals surface area contributed by atoms with Crippen molar-refractivity contribution in [3.63, 3.8) is 0 Å². The summed E-state index contributed by atoms with van der Waals surface area (Å²) in [6.07, 6.45) is 3.50. The van der Waals surface area contributed by atoms with Crippen molar-refractivity contribution in [3.8, 4) is 0 Å². The first-order valence-corrected chi connectivity index (χ1v) is 5.43. The van der Waals surface area contributed by atoms with E-state index in [0.717, 1.165) is 5.56 Å². The molecule has 0 aliphatic carbocycles. The number of carboxylic acids is 1. The topological polar surface area (TPSA) is 62.2 Å². The number of aliphatic carboxylic acids is 1. The van der Waals surface area contributed by atoms with E-state index in [1.807, 2.05) is 26.0 Å². The van der Waals surface area contributed by atoms with Crippen molar-refractivity contribution < 1.29 is 9.90 Å². The van der Waals surface area contributed by atoms with Gasteiger partial charge in [-0.2, -0.15) is 0 Å². The summed E-state index contributed by atoms with van der Waals surface area (Å²) in [7, 11) is 0. The highest BCUT2D eigenvalue weighted by molar-refractivity contribution is 5.70. The number of nitrogens with one attached hydrogen (secondary N) is 1. The van der Waals surface area contributed by atoms with Crippen molar-refractivity contribution >= 4 is 5.97 Å². The molecule has 0 radical (unpaired) electrons. The number of aromatic nitrogens is 1. The minimum atomic E-state index is -0.742. The van der Waals surface area contributed by atoms with Gasteiger partial charge in [-0.3, -0.25) is 9.78 Å². The van der Waals surface area contributed by atoms with Crippen LogP contribution >= 0.6 is 0 Å². The van der Waals surface area contributed by atoms with Crippen LogP contribution in [0.2, 0.25) is 0 Å². The molecule has 1 aromatic heterocycles. The maximum absolute atomic E-state index is 10.9. The molecule has 88 valence electrons. The second-order valence-electron chi connectivity index (χ2n) is 4.18. The Balaban J connectivity index is 2.37. The molecule has 0 aliphatic heterocycles. The molecule has 0 fully saturated rings. The molecule has 4 heteroatoms. The Labute approximate surface area is 95.7 Å². The maximum atomic E-state index is 10.9. The van der Waals surface area contributed by atoms with Crippen molar-refractivity contribution in [2.75, 3.05) is 6.54 Å². The third-order valence-corrected chi connectivity index (χ3v) is 2.54. The number of hydrogen-bond acceptors (Lipinski definition) is 3. The molecule has 1 heterocycles. The second kappa shape index (κ2) is 6.23. The van der Waals surface area contributed by atoms with E-state index < -0.39 is 5.97 Å². The zero-order valence-electron chi connectivity index (χ0n) is 9.68. The van der Waals surface area contributed by atoms with Crippen LogP contribution in [0.4, 0.5) is 0 Å². The quantitative estimate of drug-likeness (QED) is 0.766. The van der Waals surface area contributed by atoms with Crippen LogP contribution < -0.4 is 5.32 Å². The fourth-order valence-corrected chi connectivity index (χ4v) is 1.48. The molecule has 0 saturated carbocycles. The lowest BCUT2D eigenvalue weighted by atomic mass is 9.96. The highest BCUT2D eigenvalue weighted by Crippen LogP contribution is 2.09. The smallest absolute Gasteiger partial charge is 0.308 e. The van der Waals surface area contributed by atoms with E-state index in [1.165, 1.54) is 0 Å². The molecular formula is C12H18N2O2. The van der Waals surface area contributed by atoms with Crippen LogP contribution in [0.15, 0.2) is 24.5 Å². The highest BCUT2D eigenvalue weighted by Gasteiger charge is 2.20. The first kappa shape index (κ1) is 12.6. The largest absolute Gasteiger partial charge is 0.481 e. The van der Waals surface area contributed by atoms with Crippen LogP contribution in [0.1, 0.15) is 19.4 Å². The van der Waals surface area contributed by atoms with Gasteiger partial charge in [0, 0.05) is 25.5 Å². The van der Waals surface area contributed by atoms with E-state index in [2.05, 4.69) is 10.3 Å². The zero-order valence-corrected chi connectivity index (χ0v) is 9.68. The Morgan fingerprint density at radius 3 is 2.81 bits per heavy atom. The first-order chi connectivity index (χ1) is 7.61. The van der Waals surface area contributed by atoms with Gasteiger partial charge in [0.25, 0.3) is 0 Å². The minimum Gasteiger partial charge on any atom is -0.481 e. The van der Waals surface area contributed by atoms with E-state index in [1.54, 1.807) is 12.4 Å². The van der Waals surface area contributed by atoms with Crippen LogP contribution in [-0.4, -0.2) is 22.6 Å². The van der Waals surface area contributed by atoms with Crippen LogP contribution in [0, 0.1) is 11.8 Å². The summed E-state index contributed by atoms with van der Waals surface area (Å²) in [5.41, 5.74) is 1.07. The fraction of sp³-hybridized carbons (Fsp3) is 0.500. The summed E-state index contributed by atoms with van der Waals surface area (Å²) >= 11 is 0. The van der Waals surface area contributed by atoms with Gasteiger partial charge in [0.1, 0.15) is 0 Å². The predicted octanol–water partition coefficient (Wildman–Crippen LogP) is 1.53. The fourth-order valence-electron chi connectivity index (χ4n) is 1.48. The van der Waals surface area contributed by atoms with Crippen LogP contribution in [0.3, 0.4) is 0 Å². The van der Waals surface area contributed by atoms with Crippen molar-refractivity contribution in [1.82, 2.24) is 10.3 Å². The van der Waals surface area contributed by atoms with E-state index in [-0.39, 0.29) is 11.8 Å². The number of rotatable bonds is 6. The molecule has 0 amide bonds. The van der Waals surface area contributed by atoms with Crippen molar-refractivity contribution in [1.29, 1.82) is 0 Å².